The maximum Gasteiger partial charge on any atom is 0.291 e. The van der Waals surface area contributed by atoms with Gasteiger partial charge in [-0.2, -0.15) is 0 Å². The van der Waals surface area contributed by atoms with Crippen LogP contribution in [0.2, 0.25) is 0 Å². The fourth-order valence-electron chi connectivity index (χ4n) is 4.82. The van der Waals surface area contributed by atoms with Gasteiger partial charge in [-0.3, -0.25) is 9.59 Å². The fourth-order valence-corrected chi connectivity index (χ4v) is 4.82. The predicted molar refractivity (Wildman–Crippen MR) is 134 cm³/mol. The molecule has 0 spiro atoms. The van der Waals surface area contributed by atoms with Crippen molar-refractivity contribution in [3.05, 3.63) is 104 Å². The second-order valence-electron chi connectivity index (χ2n) is 8.82. The lowest BCUT2D eigenvalue weighted by Gasteiger charge is -2.25. The van der Waals surface area contributed by atoms with Crippen molar-refractivity contribution in [1.29, 1.82) is 0 Å². The molecule has 1 amide bonds. The molecule has 1 aliphatic rings. The van der Waals surface area contributed by atoms with E-state index in [1.54, 1.807) is 12.0 Å². The summed E-state index contributed by atoms with van der Waals surface area (Å²) in [5, 5.41) is 0.497. The minimum Gasteiger partial charge on any atom is -0.497 e. The van der Waals surface area contributed by atoms with E-state index in [0.29, 0.717) is 29.7 Å². The number of hydrogen-bond acceptors (Lipinski definition) is 5. The number of aryl methyl sites for hydroxylation is 2. The summed E-state index contributed by atoms with van der Waals surface area (Å²) in [6, 6.07) is 18.3. The monoisotopic (exact) mass is 469 g/mol. The molecule has 0 saturated carbocycles. The number of benzene rings is 3. The Bertz CT molecular complexity index is 1470. The van der Waals surface area contributed by atoms with E-state index in [1.165, 1.54) is 0 Å². The summed E-state index contributed by atoms with van der Waals surface area (Å²) in [6.07, 6.45) is 0. The zero-order valence-corrected chi connectivity index (χ0v) is 20.3. The molecule has 1 aromatic heterocycles. The van der Waals surface area contributed by atoms with Crippen molar-refractivity contribution in [3.8, 4) is 11.5 Å². The Hall–Kier alpha value is -4.06. The SMILES string of the molecule is CCOc1ccc(C2c3c(oc4c(C)cc(C)cc4c3=O)C(=O)N2Cc2ccc(OC)cc2)cc1. The highest BCUT2D eigenvalue weighted by atomic mass is 16.5. The minimum atomic E-state index is -0.572. The van der Waals surface area contributed by atoms with Gasteiger partial charge in [-0.25, -0.2) is 0 Å². The van der Waals surface area contributed by atoms with Crippen molar-refractivity contribution in [2.75, 3.05) is 13.7 Å². The number of nitrogens with zero attached hydrogens (tertiary/aromatic N) is 1. The molecule has 4 aromatic rings. The largest absolute Gasteiger partial charge is 0.497 e. The molecule has 0 N–H and O–H groups in total. The maximum atomic E-state index is 13.8. The van der Waals surface area contributed by atoms with E-state index in [2.05, 4.69) is 0 Å². The number of hydrogen-bond donors (Lipinski definition) is 0. The molecule has 6 nitrogen and oxygen atoms in total. The van der Waals surface area contributed by atoms with Crippen molar-refractivity contribution in [2.24, 2.45) is 0 Å². The summed E-state index contributed by atoms with van der Waals surface area (Å²) >= 11 is 0. The first-order valence-corrected chi connectivity index (χ1v) is 11.7. The normalized spacial score (nSPS) is 14.9. The smallest absolute Gasteiger partial charge is 0.291 e. The van der Waals surface area contributed by atoms with Gasteiger partial charge in [-0.1, -0.05) is 30.3 Å². The molecule has 0 saturated heterocycles. The Balaban J connectivity index is 1.68. The first-order chi connectivity index (χ1) is 16.9. The first-order valence-electron chi connectivity index (χ1n) is 11.7. The Morgan fingerprint density at radius 2 is 1.63 bits per heavy atom. The standard InChI is InChI=1S/C29H27NO5/c1-5-34-22-12-8-20(9-13-22)25-24-26(31)23-15-17(2)14-18(3)27(23)35-28(24)29(32)30(25)16-19-6-10-21(33-4)11-7-19/h6-15,25H,5,16H2,1-4H3. The summed E-state index contributed by atoms with van der Waals surface area (Å²) in [6.45, 7) is 6.64. The number of ether oxygens (including phenoxy) is 2. The van der Waals surface area contributed by atoms with Crippen molar-refractivity contribution in [3.63, 3.8) is 0 Å². The molecular weight excluding hydrogens is 442 g/mol. The fraction of sp³-hybridized carbons (Fsp3) is 0.241. The van der Waals surface area contributed by atoms with Gasteiger partial charge in [-0.05, 0) is 73.4 Å². The van der Waals surface area contributed by atoms with Gasteiger partial charge in [0.25, 0.3) is 5.91 Å². The molecule has 0 radical (unpaired) electrons. The highest BCUT2D eigenvalue weighted by Crippen LogP contribution is 2.40. The Kier molecular flexibility index (Phi) is 5.81. The van der Waals surface area contributed by atoms with Crippen molar-refractivity contribution < 1.29 is 18.7 Å². The second kappa shape index (κ2) is 8.95. The highest BCUT2D eigenvalue weighted by molar-refractivity contribution is 5.99. The predicted octanol–water partition coefficient (Wildman–Crippen LogP) is 5.56. The van der Waals surface area contributed by atoms with E-state index in [4.69, 9.17) is 13.9 Å². The quantitative estimate of drug-likeness (QED) is 0.370. The van der Waals surface area contributed by atoms with Crippen LogP contribution in [0, 0.1) is 13.8 Å². The number of carbonyl (C=O) groups excluding carboxylic acids is 1. The summed E-state index contributed by atoms with van der Waals surface area (Å²) in [5.41, 5.74) is 4.22. The molecule has 178 valence electrons. The molecule has 6 heteroatoms. The minimum absolute atomic E-state index is 0.113. The van der Waals surface area contributed by atoms with E-state index in [9.17, 15) is 9.59 Å². The summed E-state index contributed by atoms with van der Waals surface area (Å²) in [7, 11) is 1.61. The van der Waals surface area contributed by atoms with Gasteiger partial charge >= 0.3 is 0 Å². The Morgan fingerprint density at radius 3 is 2.29 bits per heavy atom. The van der Waals surface area contributed by atoms with Crippen LogP contribution >= 0.6 is 0 Å². The van der Waals surface area contributed by atoms with Crippen LogP contribution < -0.4 is 14.9 Å². The molecule has 1 atom stereocenters. The lowest BCUT2D eigenvalue weighted by atomic mass is 9.97. The third-order valence-corrected chi connectivity index (χ3v) is 6.42. The number of fused-ring (bicyclic) bond motifs is 2. The third kappa shape index (κ3) is 3.95. The van der Waals surface area contributed by atoms with Crippen LogP contribution in [0.1, 0.15) is 51.3 Å². The topological polar surface area (TPSA) is 69.0 Å². The van der Waals surface area contributed by atoms with Gasteiger partial charge in [0.2, 0.25) is 5.76 Å². The van der Waals surface area contributed by atoms with Crippen molar-refractivity contribution in [1.82, 2.24) is 4.90 Å². The molecule has 1 aliphatic heterocycles. The number of amides is 1. The van der Waals surface area contributed by atoms with Crippen LogP contribution in [0.25, 0.3) is 11.0 Å². The van der Waals surface area contributed by atoms with E-state index >= 15 is 0 Å². The van der Waals surface area contributed by atoms with E-state index in [0.717, 1.165) is 33.8 Å². The van der Waals surface area contributed by atoms with Gasteiger partial charge in [-0.15, -0.1) is 0 Å². The third-order valence-electron chi connectivity index (χ3n) is 6.42. The Morgan fingerprint density at radius 1 is 0.943 bits per heavy atom. The van der Waals surface area contributed by atoms with E-state index < -0.39 is 6.04 Å². The van der Waals surface area contributed by atoms with Gasteiger partial charge in [0, 0.05) is 6.54 Å². The van der Waals surface area contributed by atoms with E-state index in [1.807, 2.05) is 81.4 Å². The summed E-state index contributed by atoms with van der Waals surface area (Å²) < 4.78 is 17.0. The number of methoxy groups -OCH3 is 1. The van der Waals surface area contributed by atoms with Crippen LogP contribution in [-0.4, -0.2) is 24.5 Å². The molecule has 5 rings (SSSR count). The lowest BCUT2D eigenvalue weighted by molar-refractivity contribution is 0.0714. The zero-order valence-electron chi connectivity index (χ0n) is 20.3. The molecule has 0 fully saturated rings. The van der Waals surface area contributed by atoms with Crippen LogP contribution in [-0.2, 0) is 6.54 Å². The van der Waals surface area contributed by atoms with Crippen LogP contribution in [0.15, 0.2) is 69.9 Å². The molecule has 3 aromatic carbocycles. The van der Waals surface area contributed by atoms with Gasteiger partial charge < -0.3 is 18.8 Å². The maximum absolute atomic E-state index is 13.8. The van der Waals surface area contributed by atoms with Gasteiger partial charge in [0.05, 0.1) is 30.7 Å². The Labute approximate surface area is 203 Å². The van der Waals surface area contributed by atoms with Crippen LogP contribution in [0.3, 0.4) is 0 Å². The average molecular weight is 470 g/mol. The molecule has 2 heterocycles. The van der Waals surface area contributed by atoms with Gasteiger partial charge in [0.15, 0.2) is 5.43 Å². The molecular formula is C29H27NO5. The van der Waals surface area contributed by atoms with E-state index in [-0.39, 0.29) is 17.1 Å². The first kappa shape index (κ1) is 22.7. The molecule has 35 heavy (non-hydrogen) atoms. The second-order valence-corrected chi connectivity index (χ2v) is 8.82. The van der Waals surface area contributed by atoms with Crippen molar-refractivity contribution >= 4 is 16.9 Å². The average Bonchev–Trinajstić information content (AvgIpc) is 3.13. The van der Waals surface area contributed by atoms with Crippen LogP contribution in [0.5, 0.6) is 11.5 Å². The number of carbonyl (C=O) groups is 1. The molecule has 1 unspecified atom stereocenters. The molecule has 0 bridgehead atoms. The van der Waals surface area contributed by atoms with Crippen LogP contribution in [0.4, 0.5) is 0 Å². The highest BCUT2D eigenvalue weighted by Gasteiger charge is 2.42. The molecule has 0 aliphatic carbocycles. The summed E-state index contributed by atoms with van der Waals surface area (Å²) in [4.78, 5) is 29.2. The van der Waals surface area contributed by atoms with Crippen molar-refractivity contribution in [2.45, 2.75) is 33.4 Å². The van der Waals surface area contributed by atoms with Gasteiger partial charge in [0.1, 0.15) is 17.1 Å². The number of rotatable bonds is 6. The summed E-state index contributed by atoms with van der Waals surface area (Å²) in [5.74, 6) is 1.29. The zero-order chi connectivity index (χ0) is 24.7. The lowest BCUT2D eigenvalue weighted by Crippen LogP contribution is -2.29.